The van der Waals surface area contributed by atoms with Gasteiger partial charge in [0.05, 0.1) is 30.9 Å². The number of hydrogen-bond donors (Lipinski definition) is 2. The van der Waals surface area contributed by atoms with Crippen LogP contribution in [0.25, 0.3) is 6.08 Å². The molecule has 4 N–H and O–H groups in total. The summed E-state index contributed by atoms with van der Waals surface area (Å²) in [4.78, 5) is 36.4. The predicted molar refractivity (Wildman–Crippen MR) is 158 cm³/mol. The topological polar surface area (TPSA) is 140 Å². The second-order valence-corrected chi connectivity index (χ2v) is 9.87. The lowest BCUT2D eigenvalue weighted by atomic mass is 10.2. The van der Waals surface area contributed by atoms with Gasteiger partial charge in [-0.25, -0.2) is 14.4 Å². The fourth-order valence-electron chi connectivity index (χ4n) is 3.76. The molecule has 3 aromatic carbocycles. The fraction of sp³-hybridized carbons (Fsp3) is 0.281. The quantitative estimate of drug-likeness (QED) is 0.0464. The summed E-state index contributed by atoms with van der Waals surface area (Å²) in [6.07, 6.45) is -3.85. The van der Waals surface area contributed by atoms with E-state index in [2.05, 4.69) is 0 Å². The van der Waals surface area contributed by atoms with Crippen molar-refractivity contribution < 1.29 is 55.3 Å². The van der Waals surface area contributed by atoms with Crippen LogP contribution < -0.4 is 20.9 Å². The summed E-state index contributed by atoms with van der Waals surface area (Å²) in [5.74, 6) is -6.22. The molecule has 0 fully saturated rings. The molecule has 0 unspecified atom stereocenters. The van der Waals surface area contributed by atoms with Gasteiger partial charge in [-0.1, -0.05) is 12.1 Å². The van der Waals surface area contributed by atoms with E-state index in [0.717, 1.165) is 0 Å². The number of unbranched alkanes of at least 4 members (excludes halogenated alkanes) is 1. The molecule has 0 aliphatic heterocycles. The zero-order valence-corrected chi connectivity index (χ0v) is 24.4. The van der Waals surface area contributed by atoms with Crippen LogP contribution >= 0.6 is 0 Å². The lowest BCUT2D eigenvalue weighted by Gasteiger charge is -2.19. The minimum atomic E-state index is -5.61. The molecule has 0 aliphatic rings. The number of carbonyl (C=O) groups is 3. The highest BCUT2D eigenvalue weighted by molar-refractivity contribution is 5.92. The maximum absolute atomic E-state index is 12.9. The molecule has 0 saturated carbocycles. The van der Waals surface area contributed by atoms with Crippen molar-refractivity contribution in [1.29, 1.82) is 0 Å². The van der Waals surface area contributed by atoms with E-state index in [4.69, 9.17) is 30.4 Å². The average Bonchev–Trinajstić information content (AvgIpc) is 2.99. The van der Waals surface area contributed by atoms with Crippen LogP contribution in [0.1, 0.15) is 52.0 Å². The molecule has 14 heteroatoms. The molecule has 0 amide bonds. The largest absolute Gasteiger partial charge is 0.494 e. The molecule has 0 aromatic heterocycles. The van der Waals surface area contributed by atoms with Crippen molar-refractivity contribution in [3.8, 4) is 11.5 Å². The number of anilines is 2. The molecule has 0 heterocycles. The Balaban J connectivity index is 1.33. The van der Waals surface area contributed by atoms with Crippen molar-refractivity contribution in [2.45, 2.75) is 37.8 Å². The van der Waals surface area contributed by atoms with Crippen LogP contribution in [0, 0.1) is 0 Å². The Labute approximate surface area is 260 Å². The van der Waals surface area contributed by atoms with Gasteiger partial charge in [-0.2, -0.15) is 22.0 Å². The van der Waals surface area contributed by atoms with Gasteiger partial charge in [-0.15, -0.1) is 0 Å². The van der Waals surface area contributed by atoms with E-state index in [-0.39, 0.29) is 42.4 Å². The summed E-state index contributed by atoms with van der Waals surface area (Å²) >= 11 is 0. The first-order valence-corrected chi connectivity index (χ1v) is 13.9. The van der Waals surface area contributed by atoms with E-state index in [1.165, 1.54) is 66.7 Å². The fourth-order valence-corrected chi connectivity index (χ4v) is 3.76. The molecule has 46 heavy (non-hydrogen) atoms. The van der Waals surface area contributed by atoms with Crippen molar-refractivity contribution in [3.05, 3.63) is 89.5 Å². The molecule has 0 bridgehead atoms. The number of esters is 3. The average molecular weight is 651 g/mol. The number of ether oxygens (including phenoxy) is 4. The molecule has 0 aliphatic carbocycles. The van der Waals surface area contributed by atoms with E-state index in [9.17, 15) is 36.3 Å². The summed E-state index contributed by atoms with van der Waals surface area (Å²) in [6, 6.07) is 16.1. The van der Waals surface area contributed by atoms with Crippen molar-refractivity contribution >= 4 is 35.4 Å². The van der Waals surface area contributed by atoms with E-state index in [0.29, 0.717) is 29.8 Å². The van der Waals surface area contributed by atoms with Gasteiger partial charge in [0.15, 0.2) is 0 Å². The first kappa shape index (κ1) is 35.3. The van der Waals surface area contributed by atoms with E-state index in [1.807, 2.05) is 0 Å². The standard InChI is InChI=1S/C32H31F5N2O7/c33-31(34,32(35,36)37)14-3-17-43-26-11-7-22(8-12-26)30(42)46-27-9-4-21(5-10-27)6-13-28(40)44-15-1-2-16-45-29(41)23-18-24(38)20-25(39)19-23/h4-13,18-20H,1-3,14-17,38-39H2/b13-6+. The molecule has 0 spiro atoms. The molecular formula is C32H31F5N2O7. The highest BCUT2D eigenvalue weighted by atomic mass is 19.4. The zero-order valence-electron chi connectivity index (χ0n) is 24.4. The van der Waals surface area contributed by atoms with Crippen LogP contribution in [-0.2, 0) is 14.3 Å². The number of hydrogen-bond acceptors (Lipinski definition) is 9. The zero-order chi connectivity index (χ0) is 33.7. The van der Waals surface area contributed by atoms with Gasteiger partial charge in [0, 0.05) is 23.9 Å². The first-order valence-electron chi connectivity index (χ1n) is 13.9. The van der Waals surface area contributed by atoms with E-state index >= 15 is 0 Å². The van der Waals surface area contributed by atoms with Crippen molar-refractivity contribution in [3.63, 3.8) is 0 Å². The smallest absolute Gasteiger partial charge is 0.453 e. The molecule has 3 aromatic rings. The van der Waals surface area contributed by atoms with E-state index in [1.54, 1.807) is 12.1 Å². The molecule has 0 atom stereocenters. The van der Waals surface area contributed by atoms with Gasteiger partial charge in [0.25, 0.3) is 0 Å². The monoisotopic (exact) mass is 650 g/mol. The predicted octanol–water partition coefficient (Wildman–Crippen LogP) is 6.62. The summed E-state index contributed by atoms with van der Waals surface area (Å²) in [7, 11) is 0. The van der Waals surface area contributed by atoms with Gasteiger partial charge in [0.2, 0.25) is 0 Å². The minimum Gasteiger partial charge on any atom is -0.494 e. The second kappa shape index (κ2) is 16.3. The Bertz CT molecular complexity index is 1490. The van der Waals surface area contributed by atoms with Crippen LogP contribution in [0.2, 0.25) is 0 Å². The number of nitrogen functional groups attached to an aromatic ring is 2. The Kier molecular flexibility index (Phi) is 12.5. The molecule has 246 valence electrons. The Morgan fingerprint density at radius 1 is 0.674 bits per heavy atom. The van der Waals surface area contributed by atoms with Gasteiger partial charge < -0.3 is 30.4 Å². The summed E-state index contributed by atoms with van der Waals surface area (Å²) < 4.78 is 83.2. The normalized spacial score (nSPS) is 11.7. The van der Waals surface area contributed by atoms with Crippen LogP contribution in [0.15, 0.2) is 72.8 Å². The Morgan fingerprint density at radius 3 is 1.87 bits per heavy atom. The van der Waals surface area contributed by atoms with Crippen LogP contribution in [-0.4, -0.2) is 49.8 Å². The molecular weight excluding hydrogens is 619 g/mol. The third-order valence-corrected chi connectivity index (χ3v) is 6.14. The van der Waals surface area contributed by atoms with E-state index < -0.39 is 42.8 Å². The Hall–Kier alpha value is -5.14. The minimum absolute atomic E-state index is 0.120. The SMILES string of the molecule is Nc1cc(N)cc(C(=O)OCCCCOC(=O)/C=C/c2ccc(OC(=O)c3ccc(OCCCC(F)(F)C(F)(F)F)cc3)cc2)c1. The summed E-state index contributed by atoms with van der Waals surface area (Å²) in [5.41, 5.74) is 13.0. The van der Waals surface area contributed by atoms with Crippen molar-refractivity contribution in [1.82, 2.24) is 0 Å². The molecule has 0 saturated heterocycles. The summed E-state index contributed by atoms with van der Waals surface area (Å²) in [5, 5.41) is 0. The number of carbonyl (C=O) groups excluding carboxylic acids is 3. The van der Waals surface area contributed by atoms with Gasteiger partial charge >= 0.3 is 30.0 Å². The van der Waals surface area contributed by atoms with Crippen molar-refractivity contribution in [2.75, 3.05) is 31.3 Å². The molecule has 3 rings (SSSR count). The van der Waals surface area contributed by atoms with Crippen LogP contribution in [0.5, 0.6) is 11.5 Å². The summed E-state index contributed by atoms with van der Waals surface area (Å²) in [6.45, 7) is -0.120. The maximum atomic E-state index is 12.9. The van der Waals surface area contributed by atoms with Crippen LogP contribution in [0.4, 0.5) is 33.3 Å². The third kappa shape index (κ3) is 11.4. The third-order valence-electron chi connectivity index (χ3n) is 6.14. The highest BCUT2D eigenvalue weighted by Gasteiger charge is 2.56. The molecule has 9 nitrogen and oxygen atoms in total. The second-order valence-electron chi connectivity index (χ2n) is 9.87. The lowest BCUT2D eigenvalue weighted by Crippen LogP contribution is -2.36. The Morgan fingerprint density at radius 2 is 1.26 bits per heavy atom. The van der Waals surface area contributed by atoms with Gasteiger partial charge in [-0.05, 0) is 85.5 Å². The van der Waals surface area contributed by atoms with Crippen LogP contribution in [0.3, 0.4) is 0 Å². The maximum Gasteiger partial charge on any atom is 0.453 e. The number of halogens is 5. The number of alkyl halides is 5. The van der Waals surface area contributed by atoms with Gasteiger partial charge in [-0.3, -0.25) is 0 Å². The number of rotatable bonds is 15. The highest BCUT2D eigenvalue weighted by Crippen LogP contribution is 2.38. The number of benzene rings is 3. The van der Waals surface area contributed by atoms with Gasteiger partial charge in [0.1, 0.15) is 11.5 Å². The lowest BCUT2D eigenvalue weighted by molar-refractivity contribution is -0.284. The number of nitrogens with two attached hydrogens (primary N) is 2. The first-order chi connectivity index (χ1) is 21.7. The molecule has 0 radical (unpaired) electrons. The van der Waals surface area contributed by atoms with Crippen molar-refractivity contribution in [2.24, 2.45) is 0 Å².